The molecule has 0 saturated carbocycles. The number of pyridine rings is 1. The summed E-state index contributed by atoms with van der Waals surface area (Å²) >= 11 is 0. The minimum absolute atomic E-state index is 0.253. The van der Waals surface area contributed by atoms with E-state index in [1.807, 2.05) is 6.07 Å². The van der Waals surface area contributed by atoms with Crippen LogP contribution in [0.25, 0.3) is 0 Å². The Bertz CT molecular complexity index is 664. The van der Waals surface area contributed by atoms with Crippen molar-refractivity contribution in [2.24, 2.45) is 5.73 Å². The minimum atomic E-state index is -0.891. The molecule has 1 amide bonds. The van der Waals surface area contributed by atoms with E-state index in [2.05, 4.69) is 10.3 Å². The lowest BCUT2D eigenvalue weighted by atomic mass is 10.1. The molecule has 0 spiro atoms. The smallest absolute Gasteiger partial charge is 0.244 e. The van der Waals surface area contributed by atoms with E-state index in [9.17, 15) is 9.18 Å². The number of hydrogen-bond acceptors (Lipinski definition) is 4. The van der Waals surface area contributed by atoms with Gasteiger partial charge in [0.2, 0.25) is 5.91 Å². The number of primary amides is 1. The molecule has 20 heavy (non-hydrogen) atoms. The van der Waals surface area contributed by atoms with E-state index < -0.39 is 17.8 Å². The van der Waals surface area contributed by atoms with Crippen molar-refractivity contribution in [3.63, 3.8) is 0 Å². The second kappa shape index (κ2) is 5.80. The highest BCUT2D eigenvalue weighted by molar-refractivity contribution is 5.84. The monoisotopic (exact) mass is 270 g/mol. The third-order valence-electron chi connectivity index (χ3n) is 2.70. The number of hydrogen-bond donors (Lipinski definition) is 2. The molecule has 0 aliphatic carbocycles. The van der Waals surface area contributed by atoms with Crippen LogP contribution < -0.4 is 11.1 Å². The molecule has 100 valence electrons. The first kappa shape index (κ1) is 13.5. The van der Waals surface area contributed by atoms with Crippen molar-refractivity contribution in [1.82, 2.24) is 4.98 Å². The normalized spacial score (nSPS) is 11.4. The number of nitrogens with zero attached hydrogens (tertiary/aromatic N) is 2. The Morgan fingerprint density at radius 3 is 2.65 bits per heavy atom. The maximum atomic E-state index is 12.9. The first-order valence-electron chi connectivity index (χ1n) is 5.78. The van der Waals surface area contributed by atoms with Gasteiger partial charge in [0.1, 0.15) is 23.7 Å². The van der Waals surface area contributed by atoms with Gasteiger partial charge in [-0.05, 0) is 29.8 Å². The van der Waals surface area contributed by atoms with Crippen molar-refractivity contribution in [1.29, 1.82) is 5.26 Å². The predicted octanol–water partition coefficient (Wildman–Crippen LogP) is 1.73. The van der Waals surface area contributed by atoms with Crippen LogP contribution in [0.2, 0.25) is 0 Å². The predicted molar refractivity (Wildman–Crippen MR) is 70.9 cm³/mol. The summed E-state index contributed by atoms with van der Waals surface area (Å²) in [5.41, 5.74) is 6.13. The Balaban J connectivity index is 2.33. The van der Waals surface area contributed by atoms with Gasteiger partial charge >= 0.3 is 0 Å². The van der Waals surface area contributed by atoms with Gasteiger partial charge in [-0.3, -0.25) is 4.79 Å². The zero-order valence-corrected chi connectivity index (χ0v) is 10.4. The molecule has 0 aliphatic heterocycles. The Morgan fingerprint density at radius 1 is 1.35 bits per heavy atom. The molecule has 1 aromatic carbocycles. The number of aromatic nitrogens is 1. The van der Waals surface area contributed by atoms with Crippen LogP contribution in [0.1, 0.15) is 17.2 Å². The fourth-order valence-corrected chi connectivity index (χ4v) is 1.72. The maximum absolute atomic E-state index is 12.9. The molecular weight excluding hydrogens is 259 g/mol. The molecule has 0 saturated heterocycles. The Morgan fingerprint density at radius 2 is 2.05 bits per heavy atom. The van der Waals surface area contributed by atoms with Gasteiger partial charge in [-0.2, -0.15) is 5.26 Å². The maximum Gasteiger partial charge on any atom is 0.244 e. The lowest BCUT2D eigenvalue weighted by molar-refractivity contribution is -0.118. The van der Waals surface area contributed by atoms with E-state index in [0.717, 1.165) is 0 Å². The third kappa shape index (κ3) is 2.90. The van der Waals surface area contributed by atoms with Gasteiger partial charge < -0.3 is 11.1 Å². The number of anilines is 1. The number of nitriles is 1. The number of nitrogens with two attached hydrogens (primary N) is 1. The van der Waals surface area contributed by atoms with E-state index in [0.29, 0.717) is 11.1 Å². The van der Waals surface area contributed by atoms with Gasteiger partial charge in [-0.1, -0.05) is 12.1 Å². The summed E-state index contributed by atoms with van der Waals surface area (Å²) in [6.07, 6.45) is 1.49. The minimum Gasteiger partial charge on any atom is -0.368 e. The molecule has 1 aromatic heterocycles. The summed E-state index contributed by atoms with van der Waals surface area (Å²) in [6.45, 7) is 0. The fourth-order valence-electron chi connectivity index (χ4n) is 1.72. The molecule has 1 heterocycles. The lowest BCUT2D eigenvalue weighted by Crippen LogP contribution is -2.28. The molecule has 1 unspecified atom stereocenters. The summed E-state index contributed by atoms with van der Waals surface area (Å²) in [4.78, 5) is 15.5. The lowest BCUT2D eigenvalue weighted by Gasteiger charge is -2.17. The third-order valence-corrected chi connectivity index (χ3v) is 2.70. The van der Waals surface area contributed by atoms with Crippen molar-refractivity contribution in [2.45, 2.75) is 6.04 Å². The summed E-state index contributed by atoms with van der Waals surface area (Å²) in [5.74, 6) is -0.804. The van der Waals surface area contributed by atoms with E-state index in [4.69, 9.17) is 11.0 Å². The van der Waals surface area contributed by atoms with Gasteiger partial charge in [0, 0.05) is 6.20 Å². The number of rotatable bonds is 4. The molecule has 6 heteroatoms. The summed E-state index contributed by atoms with van der Waals surface area (Å²) in [5, 5.41) is 11.8. The Labute approximate surface area is 114 Å². The van der Waals surface area contributed by atoms with Crippen LogP contribution in [-0.2, 0) is 4.79 Å². The second-order valence-corrected chi connectivity index (χ2v) is 4.04. The highest BCUT2D eigenvalue weighted by Gasteiger charge is 2.19. The number of halogens is 1. The standard InChI is InChI=1S/C14H11FN4O/c15-11-5-3-9(4-6-11)12(13(17)20)19-14-10(8-16)2-1-7-18-14/h1-7,12H,(H2,17,20)(H,18,19). The highest BCUT2D eigenvalue weighted by atomic mass is 19.1. The zero-order valence-electron chi connectivity index (χ0n) is 10.4. The summed E-state index contributed by atoms with van der Waals surface area (Å²) in [6, 6.07) is 9.62. The number of carbonyl (C=O) groups is 1. The quantitative estimate of drug-likeness (QED) is 0.885. The molecule has 0 bridgehead atoms. The van der Waals surface area contributed by atoms with E-state index >= 15 is 0 Å². The van der Waals surface area contributed by atoms with Crippen molar-refractivity contribution >= 4 is 11.7 Å². The van der Waals surface area contributed by atoms with Gasteiger partial charge in [0.25, 0.3) is 0 Å². The average molecular weight is 270 g/mol. The number of amides is 1. The molecule has 5 nitrogen and oxygen atoms in total. The molecule has 3 N–H and O–H groups in total. The largest absolute Gasteiger partial charge is 0.368 e. The van der Waals surface area contributed by atoms with Crippen LogP contribution in [0.3, 0.4) is 0 Å². The van der Waals surface area contributed by atoms with Gasteiger partial charge in [-0.15, -0.1) is 0 Å². The molecule has 2 aromatic rings. The Hall–Kier alpha value is -2.94. The Kier molecular flexibility index (Phi) is 3.91. The molecule has 1 atom stereocenters. The van der Waals surface area contributed by atoms with Crippen molar-refractivity contribution in [3.8, 4) is 6.07 Å². The van der Waals surface area contributed by atoms with E-state index in [1.165, 1.54) is 30.5 Å². The van der Waals surface area contributed by atoms with Crippen molar-refractivity contribution in [3.05, 3.63) is 59.5 Å². The van der Waals surface area contributed by atoms with E-state index in [1.54, 1.807) is 12.1 Å². The topological polar surface area (TPSA) is 91.8 Å². The number of benzene rings is 1. The van der Waals surface area contributed by atoms with Crippen molar-refractivity contribution < 1.29 is 9.18 Å². The van der Waals surface area contributed by atoms with Gasteiger partial charge in [0.05, 0.1) is 5.56 Å². The van der Waals surface area contributed by atoms with Crippen LogP contribution in [0.15, 0.2) is 42.6 Å². The highest BCUT2D eigenvalue weighted by Crippen LogP contribution is 2.20. The van der Waals surface area contributed by atoms with Gasteiger partial charge in [-0.25, -0.2) is 9.37 Å². The first-order chi connectivity index (χ1) is 9.61. The zero-order chi connectivity index (χ0) is 14.5. The van der Waals surface area contributed by atoms with Crippen LogP contribution >= 0.6 is 0 Å². The van der Waals surface area contributed by atoms with Gasteiger partial charge in [0.15, 0.2) is 0 Å². The molecule has 0 fully saturated rings. The SMILES string of the molecule is N#Cc1cccnc1NC(C(N)=O)c1ccc(F)cc1. The average Bonchev–Trinajstić information content (AvgIpc) is 2.46. The van der Waals surface area contributed by atoms with Crippen molar-refractivity contribution in [2.75, 3.05) is 5.32 Å². The van der Waals surface area contributed by atoms with Crippen LogP contribution in [0.4, 0.5) is 10.2 Å². The summed E-state index contributed by atoms with van der Waals surface area (Å²) in [7, 11) is 0. The van der Waals surface area contributed by atoms with Crippen LogP contribution in [-0.4, -0.2) is 10.9 Å². The summed E-state index contributed by atoms with van der Waals surface area (Å²) < 4.78 is 12.9. The molecule has 0 radical (unpaired) electrons. The van der Waals surface area contributed by atoms with E-state index in [-0.39, 0.29) is 5.82 Å². The molecule has 0 aliphatic rings. The van der Waals surface area contributed by atoms with Crippen LogP contribution in [0.5, 0.6) is 0 Å². The molecular formula is C14H11FN4O. The number of nitrogens with one attached hydrogen (secondary N) is 1. The molecule has 2 rings (SSSR count). The first-order valence-corrected chi connectivity index (χ1v) is 5.78. The number of carbonyl (C=O) groups excluding carboxylic acids is 1. The van der Waals surface area contributed by atoms with Crippen LogP contribution in [0, 0.1) is 17.1 Å². The fraction of sp³-hybridized carbons (Fsp3) is 0.0714. The second-order valence-electron chi connectivity index (χ2n) is 4.04.